The van der Waals surface area contributed by atoms with E-state index in [-0.39, 0.29) is 5.92 Å². The predicted molar refractivity (Wildman–Crippen MR) is 68.3 cm³/mol. The molecule has 0 spiro atoms. The fourth-order valence-electron chi connectivity index (χ4n) is 1.97. The molecule has 92 valence electrons. The van der Waals surface area contributed by atoms with Gasteiger partial charge in [-0.2, -0.15) is 0 Å². The lowest BCUT2D eigenvalue weighted by Gasteiger charge is -2.33. The molecule has 0 rings (SSSR count). The van der Waals surface area contributed by atoms with E-state index in [1.807, 2.05) is 0 Å². The largest absolute Gasteiger partial charge is 0.389 e. The molecule has 0 bridgehead atoms. The van der Waals surface area contributed by atoms with E-state index in [1.165, 1.54) is 0 Å². The van der Waals surface area contributed by atoms with Gasteiger partial charge < -0.3 is 9.90 Å². The van der Waals surface area contributed by atoms with E-state index >= 15 is 0 Å². The highest BCUT2D eigenvalue weighted by Crippen LogP contribution is 2.31. The number of unbranched alkanes of at least 4 members (excludes halogenated alkanes) is 2. The SMILES string of the molecule is C=CC(C=C)C(O)(CCCC)CCCC=O. The minimum absolute atomic E-state index is 0.0919. The lowest BCUT2D eigenvalue weighted by atomic mass is 9.79. The molecule has 2 nitrogen and oxygen atoms in total. The third kappa shape index (κ3) is 4.75. The molecule has 0 aromatic rings. The van der Waals surface area contributed by atoms with E-state index in [1.54, 1.807) is 12.2 Å². The lowest BCUT2D eigenvalue weighted by molar-refractivity contribution is -0.108. The van der Waals surface area contributed by atoms with Gasteiger partial charge in [-0.1, -0.05) is 31.9 Å². The molecule has 0 aromatic carbocycles. The van der Waals surface area contributed by atoms with E-state index < -0.39 is 5.60 Å². The fourth-order valence-corrected chi connectivity index (χ4v) is 1.97. The van der Waals surface area contributed by atoms with Crippen molar-refractivity contribution in [3.8, 4) is 0 Å². The number of hydrogen-bond acceptors (Lipinski definition) is 2. The number of rotatable bonds is 10. The van der Waals surface area contributed by atoms with E-state index in [0.717, 1.165) is 32.0 Å². The van der Waals surface area contributed by atoms with Crippen molar-refractivity contribution in [3.05, 3.63) is 25.3 Å². The summed E-state index contributed by atoms with van der Waals surface area (Å²) in [6.07, 6.45) is 9.02. The summed E-state index contributed by atoms with van der Waals surface area (Å²) < 4.78 is 0. The van der Waals surface area contributed by atoms with E-state index in [0.29, 0.717) is 12.8 Å². The van der Waals surface area contributed by atoms with Gasteiger partial charge in [-0.3, -0.25) is 0 Å². The molecule has 0 aliphatic carbocycles. The van der Waals surface area contributed by atoms with Gasteiger partial charge in [-0.05, 0) is 19.3 Å². The Balaban J connectivity index is 4.49. The molecule has 2 heteroatoms. The van der Waals surface area contributed by atoms with Gasteiger partial charge in [-0.15, -0.1) is 13.2 Å². The van der Waals surface area contributed by atoms with Crippen LogP contribution in [0.25, 0.3) is 0 Å². The first-order valence-electron chi connectivity index (χ1n) is 6.05. The average Bonchev–Trinajstić information content (AvgIpc) is 2.28. The van der Waals surface area contributed by atoms with E-state index in [2.05, 4.69) is 20.1 Å². The maximum Gasteiger partial charge on any atom is 0.119 e. The summed E-state index contributed by atoms with van der Waals surface area (Å²) in [6, 6.07) is 0. The molecular formula is C14H24O2. The molecule has 0 fully saturated rings. The van der Waals surface area contributed by atoms with Gasteiger partial charge in [-0.25, -0.2) is 0 Å². The Labute approximate surface area is 99.1 Å². The molecule has 1 atom stereocenters. The van der Waals surface area contributed by atoms with Gasteiger partial charge in [0, 0.05) is 12.3 Å². The highest BCUT2D eigenvalue weighted by atomic mass is 16.3. The Bertz CT molecular complexity index is 215. The van der Waals surface area contributed by atoms with Gasteiger partial charge >= 0.3 is 0 Å². The topological polar surface area (TPSA) is 37.3 Å². The van der Waals surface area contributed by atoms with Crippen LogP contribution in [0.2, 0.25) is 0 Å². The second-order valence-corrected chi connectivity index (χ2v) is 4.26. The standard InChI is InChI=1S/C14H24O2/c1-4-7-10-14(16,11-8-9-12-15)13(5-2)6-3/h5-6,12-13,16H,2-4,7-11H2,1H3. The summed E-state index contributed by atoms with van der Waals surface area (Å²) in [4.78, 5) is 10.3. The second kappa shape index (κ2) is 8.28. The van der Waals surface area contributed by atoms with Crippen molar-refractivity contribution in [1.29, 1.82) is 0 Å². The summed E-state index contributed by atoms with van der Waals surface area (Å²) >= 11 is 0. The Morgan fingerprint density at radius 1 is 1.25 bits per heavy atom. The molecule has 0 saturated heterocycles. The van der Waals surface area contributed by atoms with Crippen molar-refractivity contribution in [1.82, 2.24) is 0 Å². The molecule has 0 amide bonds. The maximum absolute atomic E-state index is 10.6. The van der Waals surface area contributed by atoms with Crippen LogP contribution in [0.4, 0.5) is 0 Å². The number of carbonyl (C=O) groups excluding carboxylic acids is 1. The van der Waals surface area contributed by atoms with Gasteiger partial charge in [0.15, 0.2) is 0 Å². The fraction of sp³-hybridized carbons (Fsp3) is 0.643. The average molecular weight is 224 g/mol. The Morgan fingerprint density at radius 2 is 1.81 bits per heavy atom. The van der Waals surface area contributed by atoms with Gasteiger partial charge in [0.25, 0.3) is 0 Å². The maximum atomic E-state index is 10.6. The van der Waals surface area contributed by atoms with Gasteiger partial charge in [0.2, 0.25) is 0 Å². The zero-order valence-corrected chi connectivity index (χ0v) is 10.3. The first-order chi connectivity index (χ1) is 7.64. The molecule has 0 aliphatic rings. The molecule has 1 unspecified atom stereocenters. The van der Waals surface area contributed by atoms with Crippen LogP contribution >= 0.6 is 0 Å². The molecule has 16 heavy (non-hydrogen) atoms. The van der Waals surface area contributed by atoms with E-state index in [4.69, 9.17) is 0 Å². The number of hydrogen-bond donors (Lipinski definition) is 1. The van der Waals surface area contributed by atoms with Crippen molar-refractivity contribution in [2.45, 2.75) is 51.0 Å². The smallest absolute Gasteiger partial charge is 0.119 e. The van der Waals surface area contributed by atoms with Crippen LogP contribution in [0.3, 0.4) is 0 Å². The van der Waals surface area contributed by atoms with Crippen molar-refractivity contribution < 1.29 is 9.90 Å². The van der Waals surface area contributed by atoms with Crippen molar-refractivity contribution in [3.63, 3.8) is 0 Å². The Kier molecular flexibility index (Phi) is 7.82. The third-order valence-corrected chi connectivity index (χ3v) is 3.02. The van der Waals surface area contributed by atoms with Crippen LogP contribution in [0.5, 0.6) is 0 Å². The van der Waals surface area contributed by atoms with Crippen LogP contribution in [0, 0.1) is 5.92 Å². The quantitative estimate of drug-likeness (QED) is 0.351. The number of aldehydes is 1. The molecule has 0 saturated carbocycles. The third-order valence-electron chi connectivity index (χ3n) is 3.02. The minimum atomic E-state index is -0.775. The molecule has 1 N–H and O–H groups in total. The zero-order valence-electron chi connectivity index (χ0n) is 10.3. The van der Waals surface area contributed by atoms with Crippen LogP contribution in [0.15, 0.2) is 25.3 Å². The molecule has 0 radical (unpaired) electrons. The Morgan fingerprint density at radius 3 is 2.25 bits per heavy atom. The lowest BCUT2D eigenvalue weighted by Crippen LogP contribution is -2.36. The van der Waals surface area contributed by atoms with Crippen molar-refractivity contribution >= 4 is 6.29 Å². The van der Waals surface area contributed by atoms with Gasteiger partial charge in [0.1, 0.15) is 6.29 Å². The van der Waals surface area contributed by atoms with Crippen molar-refractivity contribution in [2.75, 3.05) is 0 Å². The van der Waals surface area contributed by atoms with Gasteiger partial charge in [0.05, 0.1) is 5.60 Å². The summed E-state index contributed by atoms with van der Waals surface area (Å²) in [5.41, 5.74) is -0.775. The van der Waals surface area contributed by atoms with Crippen LogP contribution in [-0.4, -0.2) is 17.0 Å². The molecule has 0 heterocycles. The zero-order chi connectivity index (χ0) is 12.4. The monoisotopic (exact) mass is 224 g/mol. The van der Waals surface area contributed by atoms with Crippen LogP contribution in [-0.2, 0) is 4.79 Å². The highest BCUT2D eigenvalue weighted by molar-refractivity contribution is 5.49. The Hall–Kier alpha value is -0.890. The highest BCUT2D eigenvalue weighted by Gasteiger charge is 2.31. The summed E-state index contributed by atoms with van der Waals surface area (Å²) in [6.45, 7) is 9.57. The minimum Gasteiger partial charge on any atom is -0.389 e. The summed E-state index contributed by atoms with van der Waals surface area (Å²) in [5, 5.41) is 10.6. The second-order valence-electron chi connectivity index (χ2n) is 4.26. The van der Waals surface area contributed by atoms with E-state index in [9.17, 15) is 9.90 Å². The summed E-state index contributed by atoms with van der Waals surface area (Å²) in [5.74, 6) is -0.0919. The molecule has 0 aromatic heterocycles. The number of carbonyl (C=O) groups is 1. The van der Waals surface area contributed by atoms with Crippen molar-refractivity contribution in [2.24, 2.45) is 5.92 Å². The first kappa shape index (κ1) is 15.1. The molecular weight excluding hydrogens is 200 g/mol. The van der Waals surface area contributed by atoms with Crippen LogP contribution < -0.4 is 0 Å². The summed E-state index contributed by atoms with van der Waals surface area (Å²) in [7, 11) is 0. The normalized spacial score (nSPS) is 14.4. The number of aliphatic hydroxyl groups is 1. The predicted octanol–water partition coefficient (Wildman–Crippen LogP) is 3.27. The molecule has 0 aliphatic heterocycles. The van der Waals surface area contributed by atoms with Crippen LogP contribution in [0.1, 0.15) is 45.4 Å². The first-order valence-corrected chi connectivity index (χ1v) is 6.05.